The molecule has 1 atom stereocenters. The maximum absolute atomic E-state index is 11.6. The van der Waals surface area contributed by atoms with Crippen LogP contribution in [0.2, 0.25) is 0 Å². The van der Waals surface area contributed by atoms with E-state index >= 15 is 0 Å². The van der Waals surface area contributed by atoms with E-state index in [4.69, 9.17) is 11.6 Å². The standard InChI is InChI=1S/C13H17ClN2O2/c1-9(8-14)13(18)16-11-5-3-10(4-6-11)7-12(17)15-2/h3-6,9H,7-8H2,1-2H3,(H,15,17)(H,16,18). The van der Waals surface area contributed by atoms with Gasteiger partial charge in [-0.15, -0.1) is 11.6 Å². The number of nitrogens with one attached hydrogen (secondary N) is 2. The highest BCUT2D eigenvalue weighted by atomic mass is 35.5. The predicted octanol–water partition coefficient (Wildman–Crippen LogP) is 1.79. The quantitative estimate of drug-likeness (QED) is 0.800. The van der Waals surface area contributed by atoms with E-state index in [1.807, 2.05) is 12.1 Å². The van der Waals surface area contributed by atoms with Crippen LogP contribution in [0.3, 0.4) is 0 Å². The lowest BCUT2D eigenvalue weighted by atomic mass is 10.1. The molecule has 1 rings (SSSR count). The van der Waals surface area contributed by atoms with Crippen molar-refractivity contribution in [2.45, 2.75) is 13.3 Å². The number of rotatable bonds is 5. The summed E-state index contributed by atoms with van der Waals surface area (Å²) >= 11 is 5.61. The Morgan fingerprint density at radius 3 is 2.39 bits per heavy atom. The molecule has 0 fully saturated rings. The molecule has 0 saturated heterocycles. The lowest BCUT2D eigenvalue weighted by Crippen LogP contribution is -2.21. The van der Waals surface area contributed by atoms with E-state index in [1.54, 1.807) is 26.1 Å². The average molecular weight is 269 g/mol. The highest BCUT2D eigenvalue weighted by Crippen LogP contribution is 2.12. The summed E-state index contributed by atoms with van der Waals surface area (Å²) < 4.78 is 0. The number of carbonyl (C=O) groups is 2. The van der Waals surface area contributed by atoms with Crippen molar-refractivity contribution in [3.63, 3.8) is 0 Å². The molecular formula is C13H17ClN2O2. The molecule has 0 saturated carbocycles. The van der Waals surface area contributed by atoms with Crippen molar-refractivity contribution < 1.29 is 9.59 Å². The van der Waals surface area contributed by atoms with Gasteiger partial charge in [0.1, 0.15) is 0 Å². The highest BCUT2D eigenvalue weighted by Gasteiger charge is 2.11. The molecule has 0 radical (unpaired) electrons. The van der Waals surface area contributed by atoms with E-state index in [2.05, 4.69) is 10.6 Å². The Balaban J connectivity index is 2.60. The van der Waals surface area contributed by atoms with Crippen molar-refractivity contribution in [2.24, 2.45) is 5.92 Å². The van der Waals surface area contributed by atoms with Crippen LogP contribution in [0.4, 0.5) is 5.69 Å². The third kappa shape index (κ3) is 4.37. The summed E-state index contributed by atoms with van der Waals surface area (Å²) in [5.74, 6) is -0.0792. The molecular weight excluding hydrogens is 252 g/mol. The lowest BCUT2D eigenvalue weighted by molar-refractivity contribution is -0.120. The third-order valence-corrected chi connectivity index (χ3v) is 3.01. The summed E-state index contributed by atoms with van der Waals surface area (Å²) in [4.78, 5) is 22.8. The topological polar surface area (TPSA) is 58.2 Å². The molecule has 0 aliphatic carbocycles. The Morgan fingerprint density at radius 1 is 1.28 bits per heavy atom. The summed E-state index contributed by atoms with van der Waals surface area (Å²) in [6, 6.07) is 7.18. The Bertz CT molecular complexity index is 418. The van der Waals surface area contributed by atoms with Crippen LogP contribution in [-0.4, -0.2) is 24.7 Å². The Hall–Kier alpha value is -1.55. The summed E-state index contributed by atoms with van der Waals surface area (Å²) in [6.45, 7) is 1.77. The molecule has 18 heavy (non-hydrogen) atoms. The Kier molecular flexibility index (Phi) is 5.65. The number of benzene rings is 1. The van der Waals surface area contributed by atoms with E-state index in [-0.39, 0.29) is 17.7 Å². The van der Waals surface area contributed by atoms with E-state index < -0.39 is 0 Å². The Labute approximate surface area is 112 Å². The molecule has 4 nitrogen and oxygen atoms in total. The number of likely N-dealkylation sites (N-methyl/N-ethyl adjacent to an activating group) is 1. The fourth-order valence-electron chi connectivity index (χ4n) is 1.32. The molecule has 1 aromatic rings. The first-order valence-electron chi connectivity index (χ1n) is 5.73. The monoisotopic (exact) mass is 268 g/mol. The lowest BCUT2D eigenvalue weighted by Gasteiger charge is -2.09. The minimum absolute atomic E-state index is 0.0393. The van der Waals surface area contributed by atoms with Crippen LogP contribution in [0.25, 0.3) is 0 Å². The van der Waals surface area contributed by atoms with Gasteiger partial charge in [-0.25, -0.2) is 0 Å². The average Bonchev–Trinajstić information content (AvgIpc) is 2.39. The van der Waals surface area contributed by atoms with E-state index in [0.29, 0.717) is 18.0 Å². The zero-order valence-electron chi connectivity index (χ0n) is 10.5. The smallest absolute Gasteiger partial charge is 0.228 e. The molecule has 1 aromatic carbocycles. The van der Waals surface area contributed by atoms with Crippen molar-refractivity contribution in [1.82, 2.24) is 5.32 Å². The van der Waals surface area contributed by atoms with Crippen molar-refractivity contribution in [2.75, 3.05) is 18.2 Å². The molecule has 98 valence electrons. The zero-order valence-corrected chi connectivity index (χ0v) is 11.3. The van der Waals surface area contributed by atoms with Crippen molar-refractivity contribution in [1.29, 1.82) is 0 Å². The van der Waals surface area contributed by atoms with E-state index in [9.17, 15) is 9.59 Å². The molecule has 0 spiro atoms. The second-order valence-corrected chi connectivity index (χ2v) is 4.40. The molecule has 0 aromatic heterocycles. The molecule has 0 aliphatic heterocycles. The van der Waals surface area contributed by atoms with Gasteiger partial charge in [-0.3, -0.25) is 9.59 Å². The fourth-order valence-corrected chi connectivity index (χ4v) is 1.46. The fraction of sp³-hybridized carbons (Fsp3) is 0.385. The highest BCUT2D eigenvalue weighted by molar-refractivity contribution is 6.19. The Morgan fingerprint density at radius 2 is 1.89 bits per heavy atom. The summed E-state index contributed by atoms with van der Waals surface area (Å²) in [7, 11) is 1.60. The number of halogens is 1. The van der Waals surface area contributed by atoms with Crippen LogP contribution >= 0.6 is 11.6 Å². The number of anilines is 1. The second kappa shape index (κ2) is 7.01. The van der Waals surface area contributed by atoms with Crippen LogP contribution in [0.5, 0.6) is 0 Å². The van der Waals surface area contributed by atoms with E-state index in [1.165, 1.54) is 0 Å². The molecule has 1 unspecified atom stereocenters. The zero-order chi connectivity index (χ0) is 13.5. The number of carbonyl (C=O) groups excluding carboxylic acids is 2. The van der Waals surface area contributed by atoms with Crippen LogP contribution in [-0.2, 0) is 16.0 Å². The predicted molar refractivity (Wildman–Crippen MR) is 72.7 cm³/mol. The van der Waals surface area contributed by atoms with Gasteiger partial charge in [-0.2, -0.15) is 0 Å². The number of hydrogen-bond acceptors (Lipinski definition) is 2. The minimum atomic E-state index is -0.225. The maximum Gasteiger partial charge on any atom is 0.228 e. The van der Waals surface area contributed by atoms with Crippen molar-refractivity contribution >= 4 is 29.1 Å². The van der Waals surface area contributed by atoms with Gasteiger partial charge in [0, 0.05) is 24.5 Å². The van der Waals surface area contributed by atoms with Gasteiger partial charge in [0.15, 0.2) is 0 Å². The van der Waals surface area contributed by atoms with Gasteiger partial charge >= 0.3 is 0 Å². The largest absolute Gasteiger partial charge is 0.359 e. The van der Waals surface area contributed by atoms with Crippen LogP contribution < -0.4 is 10.6 Å². The van der Waals surface area contributed by atoms with Gasteiger partial charge in [0.2, 0.25) is 11.8 Å². The summed E-state index contributed by atoms with van der Waals surface area (Å²) in [5.41, 5.74) is 1.61. The maximum atomic E-state index is 11.6. The van der Waals surface area contributed by atoms with Gasteiger partial charge in [0.05, 0.1) is 6.42 Å². The van der Waals surface area contributed by atoms with Crippen molar-refractivity contribution in [3.05, 3.63) is 29.8 Å². The first-order valence-corrected chi connectivity index (χ1v) is 6.26. The third-order valence-electron chi connectivity index (χ3n) is 2.54. The van der Waals surface area contributed by atoms with Crippen LogP contribution in [0.15, 0.2) is 24.3 Å². The minimum Gasteiger partial charge on any atom is -0.359 e. The number of hydrogen-bond donors (Lipinski definition) is 2. The normalized spacial score (nSPS) is 11.7. The first kappa shape index (κ1) is 14.5. The summed E-state index contributed by atoms with van der Waals surface area (Å²) in [6.07, 6.45) is 0.336. The molecule has 2 N–H and O–H groups in total. The molecule has 0 heterocycles. The molecule has 5 heteroatoms. The van der Waals surface area contributed by atoms with Gasteiger partial charge in [-0.05, 0) is 17.7 Å². The second-order valence-electron chi connectivity index (χ2n) is 4.09. The van der Waals surface area contributed by atoms with Gasteiger partial charge < -0.3 is 10.6 Å². The number of alkyl halides is 1. The van der Waals surface area contributed by atoms with Gasteiger partial charge in [-0.1, -0.05) is 19.1 Å². The van der Waals surface area contributed by atoms with Gasteiger partial charge in [0.25, 0.3) is 0 Å². The SMILES string of the molecule is CNC(=O)Cc1ccc(NC(=O)C(C)CCl)cc1. The molecule has 0 bridgehead atoms. The van der Waals surface area contributed by atoms with Crippen molar-refractivity contribution in [3.8, 4) is 0 Å². The molecule has 0 aliphatic rings. The summed E-state index contributed by atoms with van der Waals surface area (Å²) in [5, 5.41) is 5.32. The van der Waals surface area contributed by atoms with Crippen LogP contribution in [0, 0.1) is 5.92 Å². The molecule has 2 amide bonds. The van der Waals surface area contributed by atoms with E-state index in [0.717, 1.165) is 5.56 Å². The number of amides is 2. The van der Waals surface area contributed by atoms with Crippen LogP contribution in [0.1, 0.15) is 12.5 Å². The first-order chi connectivity index (χ1) is 8.56.